The van der Waals surface area contributed by atoms with Gasteiger partial charge in [-0.05, 0) is 62.1 Å². The minimum Gasteiger partial charge on any atom is -0.464 e. The smallest absolute Gasteiger partial charge is 0.418 e. The summed E-state index contributed by atoms with van der Waals surface area (Å²) in [6.45, 7) is 6.86. The maximum absolute atomic E-state index is 14.5. The third kappa shape index (κ3) is 5.14. The lowest BCUT2D eigenvalue weighted by Crippen LogP contribution is -2.35. The normalized spacial score (nSPS) is 14.8. The van der Waals surface area contributed by atoms with E-state index in [2.05, 4.69) is 0 Å². The monoisotopic (exact) mass is 528 g/mol. The molecular formula is C28H30F2N2O6. The molecule has 2 heterocycles. The highest BCUT2D eigenvalue weighted by Gasteiger charge is 2.33. The molecule has 0 aliphatic heterocycles. The van der Waals surface area contributed by atoms with E-state index in [9.17, 15) is 18.4 Å². The van der Waals surface area contributed by atoms with Crippen molar-refractivity contribution in [3.63, 3.8) is 0 Å². The van der Waals surface area contributed by atoms with E-state index in [1.54, 1.807) is 13.8 Å². The molecular weight excluding hydrogens is 498 g/mol. The predicted octanol–water partition coefficient (Wildman–Crippen LogP) is 5.15. The average molecular weight is 529 g/mol. The number of rotatable bonds is 8. The first kappa shape index (κ1) is 27.3. The Bertz CT molecular complexity index is 1380. The zero-order valence-corrected chi connectivity index (χ0v) is 21.5. The third-order valence-electron chi connectivity index (χ3n) is 6.46. The molecule has 0 fully saturated rings. The van der Waals surface area contributed by atoms with Crippen molar-refractivity contribution in [3.8, 4) is 0 Å². The summed E-state index contributed by atoms with van der Waals surface area (Å²) < 4.78 is 51.0. The van der Waals surface area contributed by atoms with Crippen LogP contribution in [-0.2, 0) is 31.9 Å². The Kier molecular flexibility index (Phi) is 7.84. The fraction of sp³-hybridized carbons (Fsp3) is 0.357. The lowest BCUT2D eigenvalue weighted by atomic mass is 9.99. The van der Waals surface area contributed by atoms with Crippen LogP contribution in [-0.4, -0.2) is 24.0 Å². The molecule has 10 heteroatoms. The molecule has 0 saturated heterocycles. The Balaban J connectivity index is 1.63. The topological polar surface area (TPSA) is 131 Å². The molecule has 202 valence electrons. The van der Waals surface area contributed by atoms with E-state index < -0.39 is 47.9 Å². The molecule has 4 N–H and O–H groups in total. The van der Waals surface area contributed by atoms with E-state index >= 15 is 0 Å². The van der Waals surface area contributed by atoms with Crippen molar-refractivity contribution in [1.82, 2.24) is 0 Å². The summed E-state index contributed by atoms with van der Waals surface area (Å²) in [5.41, 5.74) is 14.6. The van der Waals surface area contributed by atoms with Crippen molar-refractivity contribution in [3.05, 3.63) is 70.7 Å². The summed E-state index contributed by atoms with van der Waals surface area (Å²) in [5.74, 6) is -3.91. The Labute approximate surface area is 217 Å². The summed E-state index contributed by atoms with van der Waals surface area (Å²) >= 11 is 0. The molecule has 38 heavy (non-hydrogen) atoms. The van der Waals surface area contributed by atoms with E-state index in [4.69, 9.17) is 29.8 Å². The van der Waals surface area contributed by atoms with Gasteiger partial charge in [-0.15, -0.1) is 0 Å². The largest absolute Gasteiger partial charge is 0.464 e. The molecule has 2 aromatic heterocycles. The van der Waals surface area contributed by atoms with Crippen molar-refractivity contribution < 1.29 is 36.7 Å². The van der Waals surface area contributed by atoms with Crippen molar-refractivity contribution in [2.45, 2.75) is 64.8 Å². The summed E-state index contributed by atoms with van der Waals surface area (Å²) in [6.07, 6.45) is 1.71. The molecule has 0 radical (unpaired) electrons. The zero-order valence-electron chi connectivity index (χ0n) is 21.5. The van der Waals surface area contributed by atoms with Gasteiger partial charge in [0.2, 0.25) is 0 Å². The number of hydrogen-bond acceptors (Lipinski definition) is 8. The predicted molar refractivity (Wildman–Crippen MR) is 136 cm³/mol. The summed E-state index contributed by atoms with van der Waals surface area (Å²) in [4.78, 5) is 25.7. The quantitative estimate of drug-likeness (QED) is 0.237. The van der Waals surface area contributed by atoms with Gasteiger partial charge in [0, 0.05) is 34.0 Å². The first-order chi connectivity index (χ1) is 18.0. The average Bonchev–Trinajstić information content (AvgIpc) is 3.47. The van der Waals surface area contributed by atoms with Crippen LogP contribution in [0.1, 0.15) is 62.2 Å². The van der Waals surface area contributed by atoms with E-state index in [1.165, 1.54) is 24.7 Å². The molecule has 4 atom stereocenters. The minimum atomic E-state index is -1.38. The molecule has 0 bridgehead atoms. The van der Waals surface area contributed by atoms with Gasteiger partial charge in [0.15, 0.2) is 0 Å². The van der Waals surface area contributed by atoms with Crippen LogP contribution >= 0.6 is 0 Å². The summed E-state index contributed by atoms with van der Waals surface area (Å²) in [7, 11) is 0. The second kappa shape index (κ2) is 10.9. The van der Waals surface area contributed by atoms with Crippen molar-refractivity contribution in [2.24, 2.45) is 11.5 Å². The molecule has 4 rings (SSSR count). The molecule has 0 saturated carbocycles. The summed E-state index contributed by atoms with van der Waals surface area (Å²) in [6, 6.07) is 3.26. The van der Waals surface area contributed by atoms with Crippen LogP contribution in [0.25, 0.3) is 21.9 Å². The van der Waals surface area contributed by atoms with Crippen LogP contribution in [0.2, 0.25) is 0 Å². The third-order valence-corrected chi connectivity index (χ3v) is 6.46. The number of esters is 2. The second-order valence-corrected chi connectivity index (χ2v) is 9.34. The molecule has 4 aromatic rings. The van der Waals surface area contributed by atoms with Gasteiger partial charge in [-0.25, -0.2) is 18.4 Å². The van der Waals surface area contributed by atoms with Crippen LogP contribution in [0.5, 0.6) is 0 Å². The van der Waals surface area contributed by atoms with Crippen molar-refractivity contribution in [2.75, 3.05) is 0 Å². The number of carbonyl (C=O) groups is 2. The number of ether oxygens (including phenoxy) is 2. The number of nitrogens with two attached hydrogens (primary N) is 2. The fourth-order valence-corrected chi connectivity index (χ4v) is 4.56. The van der Waals surface area contributed by atoms with Gasteiger partial charge in [-0.3, -0.25) is 0 Å². The van der Waals surface area contributed by atoms with Gasteiger partial charge in [0.25, 0.3) is 0 Å². The van der Waals surface area contributed by atoms with Gasteiger partial charge in [0.05, 0.1) is 12.5 Å². The van der Waals surface area contributed by atoms with E-state index in [0.717, 1.165) is 23.3 Å². The number of aryl methyl sites for hydroxylation is 2. The van der Waals surface area contributed by atoms with E-state index in [0.29, 0.717) is 34.8 Å². The Morgan fingerprint density at radius 1 is 0.763 bits per heavy atom. The first-order valence-electron chi connectivity index (χ1n) is 12.4. The SMILES string of the molecule is CCc1coc2c(C(OC(=O)C(=O)OC(c3cc(F)cc4c(CC)coc34)C(C)N)C(C)N)cc(F)cc12. The molecule has 2 aromatic carbocycles. The highest BCUT2D eigenvalue weighted by atomic mass is 19.1. The van der Waals surface area contributed by atoms with Crippen molar-refractivity contribution in [1.29, 1.82) is 0 Å². The molecule has 0 amide bonds. The standard InChI is InChI=1S/C28H30F2N2O6/c1-5-15-11-35-25-19(15)7-17(29)9-21(25)23(13(3)31)37-27(33)28(34)38-24(14(4)32)22-10-18(30)8-20-16(6-2)12-36-26(20)22/h7-14,23-24H,5-6,31-32H2,1-4H3. The molecule has 0 aliphatic rings. The maximum atomic E-state index is 14.5. The lowest BCUT2D eigenvalue weighted by Gasteiger charge is -2.24. The number of halogens is 2. The van der Waals surface area contributed by atoms with E-state index in [-0.39, 0.29) is 11.1 Å². The van der Waals surface area contributed by atoms with Crippen LogP contribution < -0.4 is 11.5 Å². The highest BCUT2D eigenvalue weighted by Crippen LogP contribution is 2.35. The molecule has 0 spiro atoms. The van der Waals surface area contributed by atoms with Gasteiger partial charge in [0.1, 0.15) is 35.0 Å². The first-order valence-corrected chi connectivity index (χ1v) is 12.4. The number of fused-ring (bicyclic) bond motifs is 2. The Morgan fingerprint density at radius 2 is 1.13 bits per heavy atom. The highest BCUT2D eigenvalue weighted by molar-refractivity contribution is 6.29. The maximum Gasteiger partial charge on any atom is 0.418 e. The molecule has 8 nitrogen and oxygen atoms in total. The van der Waals surface area contributed by atoms with Crippen molar-refractivity contribution >= 4 is 33.9 Å². The number of furan rings is 2. The van der Waals surface area contributed by atoms with Gasteiger partial charge in [-0.1, -0.05) is 13.8 Å². The Hall–Kier alpha value is -3.76. The van der Waals surface area contributed by atoms with Crippen LogP contribution in [0.4, 0.5) is 8.78 Å². The van der Waals surface area contributed by atoms with Crippen LogP contribution in [0.3, 0.4) is 0 Å². The minimum absolute atomic E-state index is 0.175. The van der Waals surface area contributed by atoms with Gasteiger partial charge < -0.3 is 29.8 Å². The van der Waals surface area contributed by atoms with Gasteiger partial charge >= 0.3 is 11.9 Å². The number of benzene rings is 2. The van der Waals surface area contributed by atoms with Crippen LogP contribution in [0, 0.1) is 11.6 Å². The molecule has 0 aliphatic carbocycles. The molecule has 4 unspecified atom stereocenters. The second-order valence-electron chi connectivity index (χ2n) is 9.34. The number of hydrogen-bond donors (Lipinski definition) is 2. The number of carbonyl (C=O) groups excluding carboxylic acids is 2. The Morgan fingerprint density at radius 3 is 1.45 bits per heavy atom. The fourth-order valence-electron chi connectivity index (χ4n) is 4.56. The van der Waals surface area contributed by atoms with E-state index in [1.807, 2.05) is 13.8 Å². The lowest BCUT2D eigenvalue weighted by molar-refractivity contribution is -0.175. The van der Waals surface area contributed by atoms with Crippen LogP contribution in [0.15, 0.2) is 45.6 Å². The van der Waals surface area contributed by atoms with Gasteiger partial charge in [-0.2, -0.15) is 0 Å². The summed E-state index contributed by atoms with van der Waals surface area (Å²) in [5, 5.41) is 1.03. The zero-order chi connectivity index (χ0) is 27.7.